The van der Waals surface area contributed by atoms with Gasteiger partial charge in [0.25, 0.3) is 5.91 Å². The number of anilines is 2. The van der Waals surface area contributed by atoms with Gasteiger partial charge in [0.15, 0.2) is 0 Å². The van der Waals surface area contributed by atoms with Gasteiger partial charge in [0, 0.05) is 49.1 Å². The maximum absolute atomic E-state index is 12.9. The summed E-state index contributed by atoms with van der Waals surface area (Å²) in [5, 5.41) is 4.03. The van der Waals surface area contributed by atoms with Crippen LogP contribution in [0.1, 0.15) is 22.8 Å². The summed E-state index contributed by atoms with van der Waals surface area (Å²) in [5.74, 6) is -0.128. The van der Waals surface area contributed by atoms with Crippen molar-refractivity contribution in [1.29, 1.82) is 0 Å². The minimum absolute atomic E-state index is 0.128. The maximum Gasteiger partial charge on any atom is 0.257 e. The van der Waals surface area contributed by atoms with Crippen molar-refractivity contribution in [2.24, 2.45) is 0 Å². The van der Waals surface area contributed by atoms with E-state index in [0.29, 0.717) is 5.56 Å². The number of hydrogen-bond donors (Lipinski definition) is 1. The molecule has 0 atom stereocenters. The van der Waals surface area contributed by atoms with Crippen molar-refractivity contribution in [2.75, 3.05) is 42.9 Å². The first-order valence-corrected chi connectivity index (χ1v) is 9.89. The molecule has 5 nitrogen and oxygen atoms in total. The third kappa shape index (κ3) is 3.71. The molecule has 1 amide bonds. The van der Waals surface area contributed by atoms with Gasteiger partial charge in [-0.2, -0.15) is 0 Å². The van der Waals surface area contributed by atoms with E-state index in [9.17, 15) is 4.79 Å². The summed E-state index contributed by atoms with van der Waals surface area (Å²) >= 11 is 0. The van der Waals surface area contributed by atoms with Crippen molar-refractivity contribution in [3.63, 3.8) is 0 Å². The van der Waals surface area contributed by atoms with Crippen LogP contribution in [0.3, 0.4) is 0 Å². The molecule has 1 aliphatic rings. The van der Waals surface area contributed by atoms with Gasteiger partial charge in [-0.3, -0.25) is 9.78 Å². The highest BCUT2D eigenvalue weighted by atomic mass is 16.1. The molecule has 4 rings (SSSR count). The first-order chi connectivity index (χ1) is 13.7. The third-order valence-electron chi connectivity index (χ3n) is 5.52. The summed E-state index contributed by atoms with van der Waals surface area (Å²) in [4.78, 5) is 22.1. The molecule has 0 aliphatic carbocycles. The van der Waals surface area contributed by atoms with Gasteiger partial charge in [-0.25, -0.2) is 0 Å². The van der Waals surface area contributed by atoms with Crippen LogP contribution in [0.2, 0.25) is 0 Å². The lowest BCUT2D eigenvalue weighted by atomic mass is 10.1. The van der Waals surface area contributed by atoms with Crippen LogP contribution in [0.15, 0.2) is 54.7 Å². The Morgan fingerprint density at radius 3 is 2.61 bits per heavy atom. The molecule has 144 valence electrons. The molecule has 1 aromatic heterocycles. The van der Waals surface area contributed by atoms with Crippen molar-refractivity contribution in [3.8, 4) is 0 Å². The van der Waals surface area contributed by atoms with Gasteiger partial charge < -0.3 is 15.1 Å². The molecular formula is C23H26N4O. The number of nitrogens with one attached hydrogen (secondary N) is 1. The van der Waals surface area contributed by atoms with Gasteiger partial charge in [-0.15, -0.1) is 0 Å². The number of rotatable bonds is 4. The molecule has 1 aliphatic heterocycles. The van der Waals surface area contributed by atoms with Gasteiger partial charge in [0.1, 0.15) is 0 Å². The van der Waals surface area contributed by atoms with Gasteiger partial charge >= 0.3 is 0 Å². The Labute approximate surface area is 166 Å². The smallest absolute Gasteiger partial charge is 0.257 e. The van der Waals surface area contributed by atoms with E-state index in [1.165, 1.54) is 5.69 Å². The molecule has 0 radical (unpaired) electrons. The monoisotopic (exact) mass is 374 g/mol. The fourth-order valence-corrected chi connectivity index (χ4v) is 3.78. The normalized spacial score (nSPS) is 15.0. The van der Waals surface area contributed by atoms with Crippen molar-refractivity contribution in [1.82, 2.24) is 9.88 Å². The van der Waals surface area contributed by atoms with Crippen molar-refractivity contribution < 1.29 is 4.79 Å². The Morgan fingerprint density at radius 1 is 1.07 bits per heavy atom. The summed E-state index contributed by atoms with van der Waals surface area (Å²) in [5.41, 5.74) is 4.45. The summed E-state index contributed by atoms with van der Waals surface area (Å²) in [6.07, 6.45) is 1.72. The zero-order chi connectivity index (χ0) is 19.5. The second kappa shape index (κ2) is 7.98. The molecule has 28 heavy (non-hydrogen) atoms. The number of amides is 1. The fraction of sp³-hybridized carbons (Fsp3) is 0.304. The van der Waals surface area contributed by atoms with E-state index in [0.717, 1.165) is 54.9 Å². The Balaban J connectivity index is 1.51. The molecule has 0 spiro atoms. The lowest BCUT2D eigenvalue weighted by Crippen LogP contribution is -2.46. The number of carbonyl (C=O) groups is 1. The zero-order valence-corrected chi connectivity index (χ0v) is 16.5. The summed E-state index contributed by atoms with van der Waals surface area (Å²) in [7, 11) is 0. The highest BCUT2D eigenvalue weighted by Crippen LogP contribution is 2.25. The number of nitrogens with zero attached hydrogens (tertiary/aromatic N) is 3. The van der Waals surface area contributed by atoms with E-state index in [1.54, 1.807) is 6.20 Å². The van der Waals surface area contributed by atoms with Gasteiger partial charge in [-0.1, -0.05) is 25.1 Å². The van der Waals surface area contributed by atoms with E-state index in [-0.39, 0.29) is 5.91 Å². The number of aromatic nitrogens is 1. The predicted molar refractivity (Wildman–Crippen MR) is 115 cm³/mol. The lowest BCUT2D eigenvalue weighted by molar-refractivity contribution is 0.102. The molecule has 1 saturated heterocycles. The molecule has 2 heterocycles. The number of fused-ring (bicyclic) bond motifs is 1. The van der Waals surface area contributed by atoms with Crippen molar-refractivity contribution >= 4 is 28.2 Å². The average Bonchev–Trinajstić information content (AvgIpc) is 2.74. The highest BCUT2D eigenvalue weighted by Gasteiger charge is 2.17. The lowest BCUT2D eigenvalue weighted by Gasteiger charge is -2.35. The van der Waals surface area contributed by atoms with E-state index in [2.05, 4.69) is 39.2 Å². The number of piperazine rings is 1. The number of benzene rings is 2. The van der Waals surface area contributed by atoms with Crippen LogP contribution in [0.5, 0.6) is 0 Å². The molecule has 1 fully saturated rings. The van der Waals surface area contributed by atoms with E-state index in [4.69, 9.17) is 0 Å². The molecule has 3 aromatic rings. The average molecular weight is 374 g/mol. The summed E-state index contributed by atoms with van der Waals surface area (Å²) in [6.45, 7) is 9.65. The number of likely N-dealkylation sites (N-methyl/N-ethyl adjacent to an activating group) is 1. The number of carbonyl (C=O) groups excluding carboxylic acids is 1. The van der Waals surface area contributed by atoms with E-state index in [1.807, 2.05) is 43.3 Å². The van der Waals surface area contributed by atoms with Gasteiger partial charge in [0.2, 0.25) is 0 Å². The van der Waals surface area contributed by atoms with E-state index < -0.39 is 0 Å². The fourth-order valence-electron chi connectivity index (χ4n) is 3.78. The van der Waals surface area contributed by atoms with Crippen LogP contribution >= 0.6 is 0 Å². The van der Waals surface area contributed by atoms with E-state index >= 15 is 0 Å². The molecule has 0 bridgehead atoms. The third-order valence-corrected chi connectivity index (χ3v) is 5.52. The first-order valence-electron chi connectivity index (χ1n) is 9.89. The summed E-state index contributed by atoms with van der Waals surface area (Å²) < 4.78 is 0. The second-order valence-corrected chi connectivity index (χ2v) is 7.26. The molecule has 1 N–H and O–H groups in total. The predicted octanol–water partition coefficient (Wildman–Crippen LogP) is 3.94. The zero-order valence-electron chi connectivity index (χ0n) is 16.5. The van der Waals surface area contributed by atoms with Gasteiger partial charge in [-0.05, 0) is 49.4 Å². The van der Waals surface area contributed by atoms with Gasteiger partial charge in [0.05, 0.1) is 11.1 Å². The SMILES string of the molecule is CCN1CCN(c2ccc(NC(=O)c3cccc4cccnc34)c(C)c2)CC1. The standard InChI is InChI=1S/C23H26N4O/c1-3-26-12-14-27(15-13-26)19-9-10-21(17(2)16-19)25-23(28)20-8-4-6-18-7-5-11-24-22(18)20/h4-11,16H,3,12-15H2,1-2H3,(H,25,28). The van der Waals surface area contributed by atoms with Crippen LogP contribution < -0.4 is 10.2 Å². The second-order valence-electron chi connectivity index (χ2n) is 7.26. The molecule has 2 aromatic carbocycles. The van der Waals surface area contributed by atoms with Crippen LogP contribution in [0.25, 0.3) is 10.9 Å². The summed E-state index contributed by atoms with van der Waals surface area (Å²) in [6, 6.07) is 15.8. The Hall–Kier alpha value is -2.92. The number of aryl methyl sites for hydroxylation is 1. The Kier molecular flexibility index (Phi) is 5.26. The molecule has 5 heteroatoms. The minimum Gasteiger partial charge on any atom is -0.369 e. The highest BCUT2D eigenvalue weighted by molar-refractivity contribution is 6.12. The number of hydrogen-bond acceptors (Lipinski definition) is 4. The van der Waals surface area contributed by atoms with Crippen molar-refractivity contribution in [2.45, 2.75) is 13.8 Å². The Morgan fingerprint density at radius 2 is 1.86 bits per heavy atom. The largest absolute Gasteiger partial charge is 0.369 e. The van der Waals surface area contributed by atoms with Crippen LogP contribution in [0, 0.1) is 6.92 Å². The molecule has 0 saturated carbocycles. The minimum atomic E-state index is -0.128. The Bertz CT molecular complexity index is 988. The van der Waals surface area contributed by atoms with Crippen LogP contribution in [-0.4, -0.2) is 48.5 Å². The van der Waals surface area contributed by atoms with Crippen LogP contribution in [-0.2, 0) is 0 Å². The first kappa shape index (κ1) is 18.4. The number of para-hydroxylation sites is 1. The number of pyridine rings is 1. The van der Waals surface area contributed by atoms with Crippen LogP contribution in [0.4, 0.5) is 11.4 Å². The molecular weight excluding hydrogens is 348 g/mol. The maximum atomic E-state index is 12.9. The quantitative estimate of drug-likeness (QED) is 0.752. The topological polar surface area (TPSA) is 48.5 Å². The molecule has 0 unspecified atom stereocenters. The van der Waals surface area contributed by atoms with Crippen molar-refractivity contribution in [3.05, 3.63) is 65.9 Å².